The van der Waals surface area contributed by atoms with E-state index < -0.39 is 32.6 Å². The van der Waals surface area contributed by atoms with Gasteiger partial charge in [0.2, 0.25) is 5.95 Å². The molecule has 1 saturated heterocycles. The highest BCUT2D eigenvalue weighted by Gasteiger charge is 2.45. The summed E-state index contributed by atoms with van der Waals surface area (Å²) in [5.41, 5.74) is 1.43. The zero-order valence-electron chi connectivity index (χ0n) is 34.8. The first-order chi connectivity index (χ1) is 28.5. The van der Waals surface area contributed by atoms with Crippen LogP contribution in [0.5, 0.6) is 11.5 Å². The molecule has 4 atom stereocenters. The van der Waals surface area contributed by atoms with Gasteiger partial charge in [-0.2, -0.15) is 15.3 Å². The predicted octanol–water partition coefficient (Wildman–Crippen LogP) is 7.32. The van der Waals surface area contributed by atoms with Crippen LogP contribution in [0.4, 0.5) is 5.95 Å². The topological polar surface area (TPSA) is 162 Å². The number of rotatable bonds is 19. The summed E-state index contributed by atoms with van der Waals surface area (Å²) < 4.78 is 42.5. The number of aliphatic imine (C=N–C) groups is 1. The average molecular weight is 825 g/mol. The second-order valence-electron chi connectivity index (χ2n) is 14.8. The van der Waals surface area contributed by atoms with Gasteiger partial charge in [-0.3, -0.25) is 9.78 Å². The maximum absolute atomic E-state index is 13.2. The van der Waals surface area contributed by atoms with E-state index in [2.05, 4.69) is 58.5 Å². The van der Waals surface area contributed by atoms with Crippen molar-refractivity contribution in [2.24, 2.45) is 4.99 Å². The summed E-state index contributed by atoms with van der Waals surface area (Å²) >= 11 is 0. The van der Waals surface area contributed by atoms with E-state index in [1.807, 2.05) is 93.0 Å². The number of hydrogen-bond acceptors (Lipinski definition) is 12. The third-order valence-electron chi connectivity index (χ3n) is 9.84. The molecule has 0 radical (unpaired) electrons. The van der Waals surface area contributed by atoms with Crippen LogP contribution in [0.2, 0.25) is 0 Å². The maximum atomic E-state index is 13.2. The zero-order valence-corrected chi connectivity index (χ0v) is 35.7. The molecule has 1 aliphatic heterocycles. The Morgan fingerprint density at radius 3 is 2.15 bits per heavy atom. The Bertz CT molecular complexity index is 2190. The second-order valence-corrected chi connectivity index (χ2v) is 16.2. The van der Waals surface area contributed by atoms with E-state index in [1.54, 1.807) is 30.1 Å². The number of aromatic amines is 1. The van der Waals surface area contributed by atoms with Crippen molar-refractivity contribution in [2.75, 3.05) is 41.5 Å². The molecule has 1 aliphatic rings. The molecule has 3 aromatic carbocycles. The fourth-order valence-corrected chi connectivity index (χ4v) is 8.93. The summed E-state index contributed by atoms with van der Waals surface area (Å²) in [6.07, 6.45) is 1.62. The average Bonchev–Trinajstić information content (AvgIpc) is 3.85. The zero-order chi connectivity index (χ0) is 42.1. The monoisotopic (exact) mass is 824 g/mol. The van der Waals surface area contributed by atoms with Crippen LogP contribution in [0, 0.1) is 11.3 Å². The molecule has 312 valence electrons. The largest absolute Gasteiger partial charge is 0.497 e. The van der Waals surface area contributed by atoms with Crippen molar-refractivity contribution in [3.63, 3.8) is 0 Å². The first-order valence-electron chi connectivity index (χ1n) is 19.6. The number of hydrogen-bond donors (Lipinski definition) is 1. The van der Waals surface area contributed by atoms with Gasteiger partial charge >= 0.3 is 0 Å². The molecule has 0 aliphatic carbocycles. The van der Waals surface area contributed by atoms with Crippen molar-refractivity contribution in [1.82, 2.24) is 29.3 Å². The number of nitrogens with zero attached hydrogens (tertiary/aromatic N) is 7. The lowest BCUT2D eigenvalue weighted by Gasteiger charge is -2.39. The standard InChI is InChI=1S/C43H53N8O7P/c1-29(2)51(30(3)4)59(56-24-12-23-44)58-37-25-39(50-40-36(26-46-50)41(52)48-42(47-40)45-28-49(5)6)57-38(37)27-55-43(31-13-10-9-11-14-31,32-15-19-34(53-7)20-16-32)33-17-21-35(54-8)22-18-33/h9-11,13-22,26,28-30,37-39H,12,24-25,27H2,1-8H3,(H,47,48,52)/b45-28+/t37-,38+,39+,59?/m0/s1. The minimum atomic E-state index is -1.67. The van der Waals surface area contributed by atoms with E-state index in [0.717, 1.165) is 16.7 Å². The van der Waals surface area contributed by atoms with E-state index in [-0.39, 0.29) is 43.2 Å². The van der Waals surface area contributed by atoms with Gasteiger partial charge in [0, 0.05) is 32.6 Å². The highest BCUT2D eigenvalue weighted by atomic mass is 31.2. The van der Waals surface area contributed by atoms with Crippen LogP contribution in [0.3, 0.4) is 0 Å². The quantitative estimate of drug-likeness (QED) is 0.0291. The molecule has 59 heavy (non-hydrogen) atoms. The molecule has 1 fully saturated rings. The van der Waals surface area contributed by atoms with Crippen LogP contribution in [0.15, 0.2) is 94.8 Å². The van der Waals surface area contributed by atoms with Crippen LogP contribution < -0.4 is 15.0 Å². The normalized spacial score (nSPS) is 17.6. The summed E-state index contributed by atoms with van der Waals surface area (Å²) in [4.78, 5) is 26.7. The number of fused-ring (bicyclic) bond motifs is 1. The molecule has 5 aromatic rings. The third kappa shape index (κ3) is 9.82. The molecular weight excluding hydrogens is 771 g/mol. The van der Waals surface area contributed by atoms with E-state index in [0.29, 0.717) is 29.0 Å². The molecule has 1 unspecified atom stereocenters. The molecule has 16 heteroatoms. The summed E-state index contributed by atoms with van der Waals surface area (Å²) in [7, 11) is 5.26. The Balaban J connectivity index is 1.45. The van der Waals surface area contributed by atoms with Crippen molar-refractivity contribution in [1.29, 1.82) is 5.26 Å². The van der Waals surface area contributed by atoms with Crippen LogP contribution in [-0.2, 0) is 24.1 Å². The fraction of sp³-hybridized carbons (Fsp3) is 0.419. The van der Waals surface area contributed by atoms with Gasteiger partial charge in [0.25, 0.3) is 14.1 Å². The van der Waals surface area contributed by atoms with Crippen molar-refractivity contribution < 1.29 is 28.0 Å². The highest BCUT2D eigenvalue weighted by molar-refractivity contribution is 7.44. The summed E-state index contributed by atoms with van der Waals surface area (Å²) in [5.74, 6) is 1.55. The molecule has 0 saturated carbocycles. The molecule has 1 N–H and O–H groups in total. The molecule has 3 heterocycles. The van der Waals surface area contributed by atoms with Crippen molar-refractivity contribution >= 4 is 31.8 Å². The number of nitriles is 1. The predicted molar refractivity (Wildman–Crippen MR) is 227 cm³/mol. The Kier molecular flexibility index (Phi) is 14.5. The minimum absolute atomic E-state index is 0.0600. The Labute approximate surface area is 346 Å². The Morgan fingerprint density at radius 1 is 0.983 bits per heavy atom. The molecule has 0 amide bonds. The SMILES string of the molecule is COc1ccc(C(OC[C@H]2O[C@@H](n3ncc4c(=O)[nH]c(/N=C/N(C)C)nc43)C[C@@H]2OP(OCCC#N)N(C(C)C)C(C)C)(c2ccccc2)c2ccc(OC)cc2)cc1. The number of nitrogens with one attached hydrogen (secondary N) is 1. The maximum Gasteiger partial charge on any atom is 0.263 e. The van der Waals surface area contributed by atoms with E-state index in [4.69, 9.17) is 28.0 Å². The summed E-state index contributed by atoms with van der Waals surface area (Å²) in [5, 5.41) is 14.3. The molecule has 0 bridgehead atoms. The molecule has 6 rings (SSSR count). The lowest BCUT2D eigenvalue weighted by atomic mass is 9.80. The van der Waals surface area contributed by atoms with Gasteiger partial charge in [-0.15, -0.1) is 0 Å². The number of aromatic nitrogens is 4. The Hall–Kier alpha value is -5.20. The molecule has 0 spiro atoms. The first-order valence-corrected chi connectivity index (χ1v) is 20.7. The van der Waals surface area contributed by atoms with Crippen LogP contribution >= 0.6 is 8.53 Å². The Morgan fingerprint density at radius 2 is 1.59 bits per heavy atom. The van der Waals surface area contributed by atoms with Crippen molar-refractivity contribution in [2.45, 2.75) is 76.7 Å². The van der Waals surface area contributed by atoms with Crippen LogP contribution in [0.25, 0.3) is 11.0 Å². The third-order valence-corrected chi connectivity index (χ3v) is 12.0. The number of ether oxygens (including phenoxy) is 4. The smallest absolute Gasteiger partial charge is 0.263 e. The lowest BCUT2D eigenvalue weighted by molar-refractivity contribution is -0.0931. The number of H-pyrrole nitrogens is 1. The summed E-state index contributed by atoms with van der Waals surface area (Å²) in [6.45, 7) is 8.63. The minimum Gasteiger partial charge on any atom is -0.497 e. The molecular formula is C43H53N8O7P. The van der Waals surface area contributed by atoms with E-state index in [9.17, 15) is 10.1 Å². The van der Waals surface area contributed by atoms with Gasteiger partial charge in [-0.05, 0) is 68.7 Å². The number of methoxy groups -OCH3 is 2. The lowest BCUT2D eigenvalue weighted by Crippen LogP contribution is -2.39. The molecule has 2 aromatic heterocycles. The fourth-order valence-electron chi connectivity index (χ4n) is 7.17. The van der Waals surface area contributed by atoms with Crippen LogP contribution in [-0.4, -0.2) is 101 Å². The van der Waals surface area contributed by atoms with Gasteiger partial charge in [0.05, 0.1) is 58.6 Å². The van der Waals surface area contributed by atoms with Crippen LogP contribution in [0.1, 0.15) is 63.5 Å². The van der Waals surface area contributed by atoms with Crippen molar-refractivity contribution in [3.8, 4) is 17.6 Å². The van der Waals surface area contributed by atoms with Gasteiger partial charge in [0.1, 0.15) is 28.6 Å². The first kappa shape index (κ1) is 43.4. The van der Waals surface area contributed by atoms with Gasteiger partial charge in [-0.25, -0.2) is 14.3 Å². The van der Waals surface area contributed by atoms with E-state index in [1.165, 1.54) is 6.20 Å². The molecule has 15 nitrogen and oxygen atoms in total. The highest BCUT2D eigenvalue weighted by Crippen LogP contribution is 2.51. The van der Waals surface area contributed by atoms with Gasteiger partial charge in [0.15, 0.2) is 11.9 Å². The number of benzene rings is 3. The van der Waals surface area contributed by atoms with Crippen molar-refractivity contribution in [3.05, 3.63) is 112 Å². The summed E-state index contributed by atoms with van der Waals surface area (Å²) in [6, 6.07) is 28.0. The van der Waals surface area contributed by atoms with Gasteiger partial charge < -0.3 is 32.9 Å². The van der Waals surface area contributed by atoms with E-state index >= 15 is 0 Å². The second kappa shape index (κ2) is 19.7. The van der Waals surface area contributed by atoms with Gasteiger partial charge in [-0.1, -0.05) is 54.6 Å².